The van der Waals surface area contributed by atoms with Gasteiger partial charge in [-0.1, -0.05) is 62.6 Å². The lowest BCUT2D eigenvalue weighted by Crippen LogP contribution is -1.93. The van der Waals surface area contributed by atoms with Crippen LogP contribution in [0.3, 0.4) is 0 Å². The predicted octanol–water partition coefficient (Wildman–Crippen LogP) is 6.87. The molecule has 0 atom stereocenters. The van der Waals surface area contributed by atoms with E-state index in [1.807, 2.05) is 0 Å². The van der Waals surface area contributed by atoms with E-state index in [1.54, 1.807) is 0 Å². The van der Waals surface area contributed by atoms with Crippen LogP contribution in [0.5, 0.6) is 11.5 Å². The van der Waals surface area contributed by atoms with Crippen molar-refractivity contribution in [2.24, 2.45) is 0 Å². The van der Waals surface area contributed by atoms with Crippen LogP contribution < -0.4 is 4.74 Å². The summed E-state index contributed by atoms with van der Waals surface area (Å²) in [7, 11) is 1.43. The van der Waals surface area contributed by atoms with Crippen molar-refractivity contribution in [1.29, 1.82) is 0 Å². The van der Waals surface area contributed by atoms with Crippen molar-refractivity contribution in [1.82, 2.24) is 0 Å². The Morgan fingerprint density at radius 1 is 0.935 bits per heavy atom. The number of carboxylic acids is 1. The molecule has 0 saturated carbocycles. The van der Waals surface area contributed by atoms with Crippen molar-refractivity contribution in [3.63, 3.8) is 0 Å². The third kappa shape index (κ3) is 17.7. The van der Waals surface area contributed by atoms with E-state index in [0.717, 1.165) is 44.9 Å². The Hall–Kier alpha value is -2.82. The van der Waals surface area contributed by atoms with Crippen LogP contribution >= 0.6 is 0 Å². The van der Waals surface area contributed by atoms with Crippen LogP contribution in [-0.4, -0.2) is 29.6 Å². The van der Waals surface area contributed by atoms with Gasteiger partial charge in [0.1, 0.15) is 6.29 Å². The number of carboxylic acid groups (broad SMARTS) is 1. The number of phenols is 1. The minimum Gasteiger partial charge on any atom is -0.504 e. The van der Waals surface area contributed by atoms with Crippen molar-refractivity contribution >= 4 is 12.3 Å². The zero-order valence-electron chi connectivity index (χ0n) is 19.0. The third-order valence-corrected chi connectivity index (χ3v) is 4.38. The van der Waals surface area contributed by atoms with Gasteiger partial charge in [-0.25, -0.2) is 0 Å². The second-order valence-corrected chi connectivity index (χ2v) is 7.04. The lowest BCUT2D eigenvalue weighted by molar-refractivity contribution is -0.137. The van der Waals surface area contributed by atoms with Crippen LogP contribution in [0, 0.1) is 0 Å². The number of aliphatic carboxylic acids is 1. The summed E-state index contributed by atoms with van der Waals surface area (Å²) in [5.74, 6) is -0.320. The topological polar surface area (TPSA) is 83.8 Å². The first-order valence-electron chi connectivity index (χ1n) is 11.0. The van der Waals surface area contributed by atoms with Gasteiger partial charge in [-0.2, -0.15) is 0 Å². The summed E-state index contributed by atoms with van der Waals surface area (Å²) in [6.45, 7) is 2.15. The van der Waals surface area contributed by atoms with Crippen molar-refractivity contribution in [3.05, 3.63) is 60.2 Å². The zero-order chi connectivity index (χ0) is 23.2. The normalized spacial score (nSPS) is 11.0. The largest absolute Gasteiger partial charge is 0.504 e. The number of allylic oxidation sites excluding steroid dienone is 6. The van der Waals surface area contributed by atoms with E-state index in [-0.39, 0.29) is 5.75 Å². The maximum Gasteiger partial charge on any atom is 0.303 e. The number of carbonyl (C=O) groups is 2. The highest BCUT2D eigenvalue weighted by Gasteiger charge is 2.00. The van der Waals surface area contributed by atoms with Gasteiger partial charge in [0.2, 0.25) is 0 Å². The lowest BCUT2D eigenvalue weighted by Gasteiger charge is -2.01. The molecule has 0 aliphatic rings. The Morgan fingerprint density at radius 3 is 2.16 bits per heavy atom. The van der Waals surface area contributed by atoms with Crippen LogP contribution in [0.25, 0.3) is 0 Å². The van der Waals surface area contributed by atoms with Crippen LogP contribution in [0.15, 0.2) is 54.7 Å². The molecule has 0 aliphatic carbocycles. The number of hydrogen-bond acceptors (Lipinski definition) is 4. The molecular weight excluding hydrogens is 392 g/mol. The van der Waals surface area contributed by atoms with Crippen LogP contribution in [0.2, 0.25) is 0 Å². The fourth-order valence-electron chi connectivity index (χ4n) is 2.66. The summed E-state index contributed by atoms with van der Waals surface area (Å²) in [5.41, 5.74) is 0.486. The van der Waals surface area contributed by atoms with E-state index in [4.69, 9.17) is 14.9 Å². The van der Waals surface area contributed by atoms with E-state index in [1.165, 1.54) is 38.2 Å². The molecule has 0 amide bonds. The molecule has 1 rings (SSSR count). The summed E-state index contributed by atoms with van der Waals surface area (Å²) in [6, 6.07) is 4.41. The SMILES string of the molecule is CC/C=C\C/C=C\C/C=C\CCCCCCCC(=O)O.COc1cc(C=O)ccc1O. The first-order chi connectivity index (χ1) is 15.0. The number of phenolic OH excluding ortho intramolecular Hbond substituents is 1. The van der Waals surface area contributed by atoms with Crippen LogP contribution in [-0.2, 0) is 4.79 Å². The number of carbonyl (C=O) groups excluding carboxylic acids is 1. The number of aromatic hydroxyl groups is 1. The molecule has 0 spiro atoms. The number of benzene rings is 1. The molecule has 31 heavy (non-hydrogen) atoms. The van der Waals surface area contributed by atoms with Gasteiger partial charge in [-0.3, -0.25) is 9.59 Å². The number of unbranched alkanes of at least 4 members (excludes halogenated alkanes) is 5. The number of aldehydes is 1. The highest BCUT2D eigenvalue weighted by Crippen LogP contribution is 2.25. The van der Waals surface area contributed by atoms with Gasteiger partial charge in [0.25, 0.3) is 0 Å². The highest BCUT2D eigenvalue weighted by atomic mass is 16.5. The summed E-state index contributed by atoms with van der Waals surface area (Å²) in [6.07, 6.45) is 24.1. The average molecular weight is 431 g/mol. The van der Waals surface area contributed by atoms with Crippen molar-refractivity contribution in [3.8, 4) is 11.5 Å². The second-order valence-electron chi connectivity index (χ2n) is 7.04. The molecule has 0 aromatic heterocycles. The zero-order valence-corrected chi connectivity index (χ0v) is 19.0. The molecule has 1 aromatic carbocycles. The number of rotatable bonds is 15. The fraction of sp³-hybridized carbons (Fsp3) is 0.462. The number of hydrogen-bond donors (Lipinski definition) is 2. The molecule has 172 valence electrons. The Balaban J connectivity index is 0.000000683. The van der Waals surface area contributed by atoms with Gasteiger partial charge < -0.3 is 14.9 Å². The Morgan fingerprint density at radius 2 is 1.55 bits per heavy atom. The highest BCUT2D eigenvalue weighted by molar-refractivity contribution is 5.76. The van der Waals surface area contributed by atoms with E-state index < -0.39 is 5.97 Å². The summed E-state index contributed by atoms with van der Waals surface area (Å²) < 4.78 is 4.78. The van der Waals surface area contributed by atoms with Gasteiger partial charge in [0.15, 0.2) is 11.5 Å². The van der Waals surface area contributed by atoms with Gasteiger partial charge in [-0.15, -0.1) is 0 Å². The first kappa shape index (κ1) is 28.2. The molecule has 0 bridgehead atoms. The Kier molecular flexibility index (Phi) is 18.6. The third-order valence-electron chi connectivity index (χ3n) is 4.38. The quantitative estimate of drug-likeness (QED) is 0.180. The van der Waals surface area contributed by atoms with Gasteiger partial charge in [0.05, 0.1) is 7.11 Å². The summed E-state index contributed by atoms with van der Waals surface area (Å²) in [4.78, 5) is 20.6. The molecule has 0 saturated heterocycles. The molecule has 0 heterocycles. The molecule has 1 aromatic rings. The van der Waals surface area contributed by atoms with Crippen LogP contribution in [0.1, 0.15) is 81.5 Å². The molecule has 0 aliphatic heterocycles. The van der Waals surface area contributed by atoms with Gasteiger partial charge in [0, 0.05) is 12.0 Å². The second kappa shape index (κ2) is 20.5. The summed E-state index contributed by atoms with van der Waals surface area (Å²) in [5, 5.41) is 17.6. The van der Waals surface area contributed by atoms with E-state index in [9.17, 15) is 9.59 Å². The molecule has 0 fully saturated rings. The summed E-state index contributed by atoms with van der Waals surface area (Å²) >= 11 is 0. The Bertz CT molecular complexity index is 689. The van der Waals surface area contributed by atoms with Gasteiger partial charge in [-0.05, 0) is 56.7 Å². The van der Waals surface area contributed by atoms with E-state index >= 15 is 0 Å². The number of methoxy groups -OCH3 is 1. The first-order valence-corrected chi connectivity index (χ1v) is 11.0. The number of ether oxygens (including phenoxy) is 1. The smallest absolute Gasteiger partial charge is 0.303 e. The van der Waals surface area contributed by atoms with E-state index in [0.29, 0.717) is 24.0 Å². The minimum atomic E-state index is -0.675. The molecule has 0 unspecified atom stereocenters. The molecule has 0 radical (unpaired) electrons. The molecule has 5 nitrogen and oxygen atoms in total. The van der Waals surface area contributed by atoms with Crippen molar-refractivity contribution in [2.45, 2.75) is 71.1 Å². The predicted molar refractivity (Wildman–Crippen MR) is 127 cm³/mol. The standard InChI is InChI=1S/C18H30O2.C8H8O3/c1-2-3-4-5-6-7-8-9-10-11-12-13-14-15-16-17-18(19)20;1-11-8-4-6(5-9)2-3-7(8)10/h3-4,6-7,9-10H,2,5,8,11-17H2,1H3,(H,19,20);2-5,10H,1H3/b4-3-,7-6-,10-9-;. The van der Waals surface area contributed by atoms with E-state index in [2.05, 4.69) is 43.4 Å². The maximum atomic E-state index is 10.3. The van der Waals surface area contributed by atoms with Gasteiger partial charge >= 0.3 is 5.97 Å². The molecular formula is C26H38O5. The Labute approximate surface area is 187 Å². The van der Waals surface area contributed by atoms with Crippen LogP contribution in [0.4, 0.5) is 0 Å². The average Bonchev–Trinajstić information content (AvgIpc) is 2.77. The van der Waals surface area contributed by atoms with Crippen molar-refractivity contribution < 1.29 is 24.5 Å². The van der Waals surface area contributed by atoms with Crippen molar-refractivity contribution in [2.75, 3.05) is 7.11 Å². The lowest BCUT2D eigenvalue weighted by atomic mass is 10.1. The minimum absolute atomic E-state index is 0.0399. The monoisotopic (exact) mass is 430 g/mol. The molecule has 5 heteroatoms. The fourth-order valence-corrected chi connectivity index (χ4v) is 2.66. The maximum absolute atomic E-state index is 10.3. The molecule has 2 N–H and O–H groups in total.